The van der Waals surface area contributed by atoms with Gasteiger partial charge in [0.15, 0.2) is 0 Å². The molecule has 144 valence electrons. The lowest BCUT2D eigenvalue weighted by molar-refractivity contribution is 0.439. The number of nitrogens with zero attached hydrogens (tertiary/aromatic N) is 4. The van der Waals surface area contributed by atoms with Crippen molar-refractivity contribution in [3.8, 4) is 11.4 Å². The lowest BCUT2D eigenvalue weighted by atomic mass is 10.1. The smallest absolute Gasteiger partial charge is 0.132 e. The van der Waals surface area contributed by atoms with Gasteiger partial charge < -0.3 is 16.0 Å². The number of hydrogen-bond acceptors (Lipinski definition) is 6. The largest absolute Gasteiger partial charge is 0.353 e. The molecular weight excluding hydrogens is 355 g/mol. The minimum atomic E-state index is -0.248. The minimum Gasteiger partial charge on any atom is -0.353 e. The lowest BCUT2D eigenvalue weighted by Crippen LogP contribution is -2.52. The molecule has 0 amide bonds. The van der Waals surface area contributed by atoms with Gasteiger partial charge in [0.25, 0.3) is 0 Å². The summed E-state index contributed by atoms with van der Waals surface area (Å²) in [6.07, 6.45) is 4.12. The maximum absolute atomic E-state index is 14.8. The summed E-state index contributed by atoms with van der Waals surface area (Å²) >= 11 is 0. The van der Waals surface area contributed by atoms with Crippen LogP contribution in [0.4, 0.5) is 10.2 Å². The monoisotopic (exact) mass is 378 g/mol. The van der Waals surface area contributed by atoms with Crippen LogP contribution in [-0.4, -0.2) is 40.1 Å². The number of fused-ring (bicyclic) bond motifs is 1. The summed E-state index contributed by atoms with van der Waals surface area (Å²) < 4.78 is 14.8. The third-order valence-electron chi connectivity index (χ3n) is 5.83. The first-order valence-electron chi connectivity index (χ1n) is 9.70. The van der Waals surface area contributed by atoms with Crippen LogP contribution in [-0.2, 0) is 6.54 Å². The molecule has 2 aliphatic rings. The first kappa shape index (κ1) is 17.5. The van der Waals surface area contributed by atoms with Gasteiger partial charge in [0.2, 0.25) is 0 Å². The number of anilines is 1. The van der Waals surface area contributed by atoms with Gasteiger partial charge in [0, 0.05) is 54.9 Å². The van der Waals surface area contributed by atoms with E-state index in [0.717, 1.165) is 36.2 Å². The SMILES string of the molecule is Cc1c(F)cc(N2CCNC3(CC3)C2)nc1-c1ccc2cnc(CN)cc2n1. The van der Waals surface area contributed by atoms with Crippen molar-refractivity contribution >= 4 is 16.7 Å². The number of nitrogens with two attached hydrogens (primary N) is 1. The Hall–Kier alpha value is -2.64. The topological polar surface area (TPSA) is 80.0 Å². The average Bonchev–Trinajstić information content (AvgIpc) is 3.47. The van der Waals surface area contributed by atoms with E-state index in [9.17, 15) is 4.39 Å². The summed E-state index contributed by atoms with van der Waals surface area (Å²) in [5, 5.41) is 4.50. The highest BCUT2D eigenvalue weighted by atomic mass is 19.1. The van der Waals surface area contributed by atoms with Crippen LogP contribution < -0.4 is 16.0 Å². The Kier molecular flexibility index (Phi) is 4.03. The zero-order chi connectivity index (χ0) is 19.3. The molecule has 1 aliphatic heterocycles. The van der Waals surface area contributed by atoms with Crippen LogP contribution in [0, 0.1) is 12.7 Å². The van der Waals surface area contributed by atoms with Crippen LogP contribution in [0.1, 0.15) is 24.1 Å². The molecule has 1 spiro atoms. The highest BCUT2D eigenvalue weighted by molar-refractivity contribution is 5.81. The summed E-state index contributed by atoms with van der Waals surface area (Å²) in [5.74, 6) is 0.438. The number of aromatic nitrogens is 3. The minimum absolute atomic E-state index is 0.203. The van der Waals surface area contributed by atoms with Crippen LogP contribution >= 0.6 is 0 Å². The van der Waals surface area contributed by atoms with E-state index in [-0.39, 0.29) is 11.4 Å². The summed E-state index contributed by atoms with van der Waals surface area (Å²) in [7, 11) is 0. The third-order valence-corrected chi connectivity index (χ3v) is 5.83. The van der Waals surface area contributed by atoms with Crippen molar-refractivity contribution in [1.29, 1.82) is 0 Å². The van der Waals surface area contributed by atoms with E-state index in [0.29, 0.717) is 29.3 Å². The second-order valence-corrected chi connectivity index (χ2v) is 7.83. The van der Waals surface area contributed by atoms with Gasteiger partial charge in [0.1, 0.15) is 11.6 Å². The fourth-order valence-electron chi connectivity index (χ4n) is 3.92. The summed E-state index contributed by atoms with van der Waals surface area (Å²) in [6, 6.07) is 7.25. The molecule has 1 aliphatic carbocycles. The molecule has 0 unspecified atom stereocenters. The first-order chi connectivity index (χ1) is 13.6. The summed E-state index contributed by atoms with van der Waals surface area (Å²) in [6.45, 7) is 4.71. The van der Waals surface area contributed by atoms with Crippen molar-refractivity contribution in [3.05, 3.63) is 47.5 Å². The average molecular weight is 378 g/mol. The second kappa shape index (κ2) is 6.46. The number of hydrogen-bond donors (Lipinski definition) is 2. The molecule has 4 heterocycles. The molecule has 2 fully saturated rings. The van der Waals surface area contributed by atoms with Crippen molar-refractivity contribution in [2.24, 2.45) is 5.73 Å². The first-order valence-corrected chi connectivity index (χ1v) is 9.70. The number of pyridine rings is 3. The van der Waals surface area contributed by atoms with Gasteiger partial charge in [-0.05, 0) is 38.0 Å². The predicted molar refractivity (Wildman–Crippen MR) is 108 cm³/mol. The van der Waals surface area contributed by atoms with Gasteiger partial charge in [-0.3, -0.25) is 4.98 Å². The molecule has 6 nitrogen and oxygen atoms in total. The second-order valence-electron chi connectivity index (χ2n) is 7.83. The van der Waals surface area contributed by atoms with Gasteiger partial charge in [0.05, 0.1) is 22.6 Å². The normalized spacial score (nSPS) is 18.0. The van der Waals surface area contributed by atoms with Crippen LogP contribution in [0.25, 0.3) is 22.3 Å². The molecule has 3 N–H and O–H groups in total. The van der Waals surface area contributed by atoms with Crippen molar-refractivity contribution in [2.45, 2.75) is 31.8 Å². The molecule has 3 aromatic heterocycles. The van der Waals surface area contributed by atoms with Gasteiger partial charge >= 0.3 is 0 Å². The Labute approximate surface area is 163 Å². The molecule has 28 heavy (non-hydrogen) atoms. The van der Waals surface area contributed by atoms with Gasteiger partial charge in [-0.25, -0.2) is 14.4 Å². The lowest BCUT2D eigenvalue weighted by Gasteiger charge is -2.35. The van der Waals surface area contributed by atoms with Gasteiger partial charge in [-0.2, -0.15) is 0 Å². The highest BCUT2D eigenvalue weighted by Crippen LogP contribution is 2.39. The van der Waals surface area contributed by atoms with Gasteiger partial charge in [-0.15, -0.1) is 0 Å². The van der Waals surface area contributed by atoms with E-state index >= 15 is 0 Å². The molecule has 5 rings (SSSR count). The van der Waals surface area contributed by atoms with Crippen molar-refractivity contribution in [3.63, 3.8) is 0 Å². The van der Waals surface area contributed by atoms with E-state index in [1.807, 2.05) is 18.2 Å². The van der Waals surface area contributed by atoms with Crippen molar-refractivity contribution in [1.82, 2.24) is 20.3 Å². The van der Waals surface area contributed by atoms with E-state index in [1.54, 1.807) is 19.2 Å². The Morgan fingerprint density at radius 1 is 1.25 bits per heavy atom. The van der Waals surface area contributed by atoms with Crippen molar-refractivity contribution < 1.29 is 4.39 Å². The molecule has 1 saturated heterocycles. The molecule has 3 aromatic rings. The van der Waals surface area contributed by atoms with E-state index in [2.05, 4.69) is 15.2 Å². The standard InChI is InChI=1S/C21H23FN6/c1-13-16(22)9-19(28-7-6-25-21(12-28)4-5-21)27-20(13)17-3-2-14-11-24-15(10-23)8-18(14)26-17/h2-3,8-9,11,25H,4-7,10,12,23H2,1H3. The van der Waals surface area contributed by atoms with Crippen molar-refractivity contribution in [2.75, 3.05) is 24.5 Å². The molecule has 0 aromatic carbocycles. The molecule has 0 radical (unpaired) electrons. The molecule has 7 heteroatoms. The number of rotatable bonds is 3. The van der Waals surface area contributed by atoms with E-state index in [4.69, 9.17) is 15.7 Å². The Morgan fingerprint density at radius 2 is 2.11 bits per heavy atom. The quantitative estimate of drug-likeness (QED) is 0.729. The fraction of sp³-hybridized carbons (Fsp3) is 0.381. The molecule has 1 saturated carbocycles. The summed E-state index contributed by atoms with van der Waals surface area (Å²) in [4.78, 5) is 16.0. The molecule has 0 bridgehead atoms. The predicted octanol–water partition coefficient (Wildman–Crippen LogP) is 2.54. The fourth-order valence-corrected chi connectivity index (χ4v) is 3.92. The zero-order valence-electron chi connectivity index (χ0n) is 15.9. The maximum atomic E-state index is 14.8. The number of nitrogens with one attached hydrogen (secondary N) is 1. The Bertz CT molecular complexity index is 1060. The Balaban J connectivity index is 1.57. The van der Waals surface area contributed by atoms with Crippen LogP contribution in [0.15, 0.2) is 30.5 Å². The van der Waals surface area contributed by atoms with Crippen LogP contribution in [0.5, 0.6) is 0 Å². The van der Waals surface area contributed by atoms with Crippen LogP contribution in [0.2, 0.25) is 0 Å². The number of halogens is 1. The van der Waals surface area contributed by atoms with Crippen LogP contribution in [0.3, 0.4) is 0 Å². The van der Waals surface area contributed by atoms with E-state index in [1.165, 1.54) is 12.8 Å². The Morgan fingerprint density at radius 3 is 2.89 bits per heavy atom. The number of piperazine rings is 1. The summed E-state index contributed by atoms with van der Waals surface area (Å²) in [5.41, 5.74) is 9.24. The highest BCUT2D eigenvalue weighted by Gasteiger charge is 2.45. The molecule has 0 atom stereocenters. The molecular formula is C21H23FN6. The van der Waals surface area contributed by atoms with E-state index < -0.39 is 0 Å². The zero-order valence-corrected chi connectivity index (χ0v) is 15.9. The third kappa shape index (κ3) is 3.00. The van der Waals surface area contributed by atoms with Gasteiger partial charge in [-0.1, -0.05) is 0 Å². The maximum Gasteiger partial charge on any atom is 0.132 e.